The van der Waals surface area contributed by atoms with Crippen molar-refractivity contribution in [3.63, 3.8) is 0 Å². The van der Waals surface area contributed by atoms with Gasteiger partial charge < -0.3 is 15.3 Å². The van der Waals surface area contributed by atoms with Gasteiger partial charge in [0.05, 0.1) is 42.1 Å². The lowest BCUT2D eigenvalue weighted by Gasteiger charge is -2.26. The number of carbonyl (C=O) groups excluding carboxylic acids is 3. The molecule has 0 bridgehead atoms. The summed E-state index contributed by atoms with van der Waals surface area (Å²) in [7, 11) is 0. The molecule has 1 aliphatic carbocycles. The Balaban J connectivity index is 1.51. The molecule has 2 aromatic carbocycles. The molecule has 1 aromatic heterocycles. The van der Waals surface area contributed by atoms with Crippen LogP contribution in [0, 0.1) is 5.41 Å². The van der Waals surface area contributed by atoms with Crippen LogP contribution in [0.3, 0.4) is 0 Å². The quantitative estimate of drug-likeness (QED) is 0.457. The highest BCUT2D eigenvalue weighted by atomic mass is 16.3. The van der Waals surface area contributed by atoms with Crippen LogP contribution < -0.4 is 10.2 Å². The Morgan fingerprint density at radius 1 is 1.08 bits per heavy atom. The average Bonchev–Trinajstić information content (AvgIpc) is 3.76. The number of aliphatic imine (C=N–C) groups is 1. The molecule has 0 radical (unpaired) electrons. The molecule has 5 rings (SSSR count). The molecule has 1 fully saturated rings. The van der Waals surface area contributed by atoms with E-state index in [1.807, 2.05) is 43.3 Å². The molecule has 2 amide bonds. The van der Waals surface area contributed by atoms with Gasteiger partial charge in [0.25, 0.3) is 5.91 Å². The number of pyridine rings is 1. The van der Waals surface area contributed by atoms with Crippen molar-refractivity contribution in [3.05, 3.63) is 89.7 Å². The van der Waals surface area contributed by atoms with Crippen LogP contribution in [0.5, 0.6) is 0 Å². The molecule has 2 aliphatic rings. The van der Waals surface area contributed by atoms with Gasteiger partial charge in [-0.2, -0.15) is 0 Å². The van der Waals surface area contributed by atoms with Crippen molar-refractivity contribution in [1.29, 1.82) is 0 Å². The first-order chi connectivity index (χ1) is 18.4. The van der Waals surface area contributed by atoms with Crippen molar-refractivity contribution >= 4 is 34.7 Å². The Morgan fingerprint density at radius 2 is 1.87 bits per heavy atom. The van der Waals surface area contributed by atoms with Crippen LogP contribution in [-0.4, -0.2) is 52.6 Å². The van der Waals surface area contributed by atoms with E-state index in [0.29, 0.717) is 41.2 Å². The number of para-hydroxylation sites is 1. The number of benzene rings is 2. The van der Waals surface area contributed by atoms with Crippen molar-refractivity contribution in [2.75, 3.05) is 23.4 Å². The maximum atomic E-state index is 13.9. The molecular weight excluding hydrogens is 480 g/mol. The van der Waals surface area contributed by atoms with Crippen LogP contribution in [0.2, 0.25) is 0 Å². The molecule has 38 heavy (non-hydrogen) atoms. The SMILES string of the molecule is CCc1cccc(NC(=O)C[C@@H]2N=C(c3ccccn3)c3ccccc3N(CC(=O)C3(CO)CC3)C2=O)c1. The molecule has 1 aliphatic heterocycles. The number of aromatic nitrogens is 1. The van der Waals surface area contributed by atoms with E-state index in [2.05, 4.69) is 10.3 Å². The van der Waals surface area contributed by atoms with Crippen molar-refractivity contribution < 1.29 is 19.5 Å². The number of hydrogen-bond acceptors (Lipinski definition) is 6. The zero-order valence-electron chi connectivity index (χ0n) is 21.3. The number of nitrogens with zero attached hydrogens (tertiary/aromatic N) is 3. The van der Waals surface area contributed by atoms with E-state index in [1.54, 1.807) is 36.5 Å². The maximum Gasteiger partial charge on any atom is 0.252 e. The molecular formula is C30H30N4O4. The Hall–Kier alpha value is -4.17. The number of aliphatic hydroxyl groups excluding tert-OH is 1. The second kappa shape index (κ2) is 10.7. The second-order valence-electron chi connectivity index (χ2n) is 9.82. The van der Waals surface area contributed by atoms with Crippen LogP contribution in [-0.2, 0) is 20.8 Å². The first kappa shape index (κ1) is 25.5. The number of fused-ring (bicyclic) bond motifs is 1. The van der Waals surface area contributed by atoms with Gasteiger partial charge in [-0.15, -0.1) is 0 Å². The first-order valence-electron chi connectivity index (χ1n) is 12.9. The molecule has 8 nitrogen and oxygen atoms in total. The number of Topliss-reactive ketones (excluding diaryl/α,β-unsaturated/α-hetero) is 1. The Kier molecular flexibility index (Phi) is 7.15. The Morgan fingerprint density at radius 3 is 2.58 bits per heavy atom. The number of rotatable bonds is 9. The third-order valence-corrected chi connectivity index (χ3v) is 7.24. The molecule has 3 aromatic rings. The van der Waals surface area contributed by atoms with Crippen LogP contribution in [0.1, 0.15) is 43.0 Å². The van der Waals surface area contributed by atoms with Gasteiger partial charge in [0.15, 0.2) is 5.78 Å². The molecule has 194 valence electrons. The van der Waals surface area contributed by atoms with Crippen LogP contribution >= 0.6 is 0 Å². The second-order valence-corrected chi connectivity index (χ2v) is 9.82. The van der Waals surface area contributed by atoms with Gasteiger partial charge in [-0.1, -0.05) is 43.3 Å². The number of aryl methyl sites for hydroxylation is 1. The van der Waals surface area contributed by atoms with E-state index in [4.69, 9.17) is 4.99 Å². The minimum atomic E-state index is -1.06. The molecule has 2 heterocycles. The first-order valence-corrected chi connectivity index (χ1v) is 12.9. The number of anilines is 2. The topological polar surface area (TPSA) is 112 Å². The van der Waals surface area contributed by atoms with E-state index in [-0.39, 0.29) is 31.3 Å². The largest absolute Gasteiger partial charge is 0.395 e. The van der Waals surface area contributed by atoms with Gasteiger partial charge in [0.1, 0.15) is 6.04 Å². The number of ketones is 1. The van der Waals surface area contributed by atoms with Crippen LogP contribution in [0.15, 0.2) is 77.9 Å². The zero-order valence-corrected chi connectivity index (χ0v) is 21.3. The molecule has 0 spiro atoms. The number of amides is 2. The van der Waals surface area contributed by atoms with Gasteiger partial charge >= 0.3 is 0 Å². The van der Waals surface area contributed by atoms with Gasteiger partial charge in [-0.05, 0) is 55.2 Å². The average molecular weight is 511 g/mol. The highest BCUT2D eigenvalue weighted by Gasteiger charge is 2.50. The lowest BCUT2D eigenvalue weighted by atomic mass is 10.00. The summed E-state index contributed by atoms with van der Waals surface area (Å²) in [6, 6.07) is 19.2. The van der Waals surface area contributed by atoms with Crippen molar-refractivity contribution in [3.8, 4) is 0 Å². The number of benzodiazepines with no additional fused rings is 1. The fraction of sp³-hybridized carbons (Fsp3) is 0.300. The third kappa shape index (κ3) is 5.13. The number of carbonyl (C=O) groups is 3. The predicted octanol–water partition coefficient (Wildman–Crippen LogP) is 3.57. The molecule has 0 saturated heterocycles. The standard InChI is InChI=1S/C30H30N4O4/c1-2-20-8-7-9-21(16-20)32-27(37)17-24-29(38)34(18-26(36)30(19-35)13-14-30)25-12-4-3-10-22(25)28(33-24)23-11-5-6-15-31-23/h3-12,15-16,24,35H,2,13-14,17-19H2,1H3,(H,32,37)/t24-/m0/s1. The summed E-state index contributed by atoms with van der Waals surface area (Å²) in [5, 5.41) is 12.7. The number of hydrogen-bond donors (Lipinski definition) is 2. The molecule has 1 saturated carbocycles. The lowest BCUT2D eigenvalue weighted by Crippen LogP contribution is -2.44. The molecule has 1 atom stereocenters. The number of nitrogens with one attached hydrogen (secondary N) is 1. The van der Waals surface area contributed by atoms with E-state index in [9.17, 15) is 19.5 Å². The van der Waals surface area contributed by atoms with Gasteiger partial charge in [0, 0.05) is 17.4 Å². The van der Waals surface area contributed by atoms with Crippen LogP contribution in [0.25, 0.3) is 0 Å². The van der Waals surface area contributed by atoms with Gasteiger partial charge in [-0.25, -0.2) is 0 Å². The summed E-state index contributed by atoms with van der Waals surface area (Å²) >= 11 is 0. The summed E-state index contributed by atoms with van der Waals surface area (Å²) in [6.07, 6.45) is 3.48. The zero-order chi connectivity index (χ0) is 26.7. The fourth-order valence-corrected chi connectivity index (χ4v) is 4.74. The Bertz CT molecular complexity index is 1400. The Labute approximate surface area is 221 Å². The van der Waals surface area contributed by atoms with Crippen molar-refractivity contribution in [2.45, 2.75) is 38.6 Å². The minimum Gasteiger partial charge on any atom is -0.395 e. The van der Waals surface area contributed by atoms with Crippen molar-refractivity contribution in [2.24, 2.45) is 10.4 Å². The monoisotopic (exact) mass is 510 g/mol. The summed E-state index contributed by atoms with van der Waals surface area (Å²) < 4.78 is 0. The predicted molar refractivity (Wildman–Crippen MR) is 145 cm³/mol. The number of aliphatic hydroxyl groups is 1. The summed E-state index contributed by atoms with van der Waals surface area (Å²) in [5.74, 6) is -0.987. The highest BCUT2D eigenvalue weighted by molar-refractivity contribution is 6.20. The normalized spacial score (nSPS) is 17.7. The summed E-state index contributed by atoms with van der Waals surface area (Å²) in [4.78, 5) is 50.9. The highest BCUT2D eigenvalue weighted by Crippen LogP contribution is 2.46. The fourth-order valence-electron chi connectivity index (χ4n) is 4.74. The maximum absolute atomic E-state index is 13.9. The summed E-state index contributed by atoms with van der Waals surface area (Å²) in [5.41, 5.74) is 3.18. The van der Waals surface area contributed by atoms with Crippen molar-refractivity contribution in [1.82, 2.24) is 4.98 Å². The molecule has 0 unspecified atom stereocenters. The summed E-state index contributed by atoms with van der Waals surface area (Å²) in [6.45, 7) is 1.60. The minimum absolute atomic E-state index is 0.191. The van der Waals surface area contributed by atoms with E-state index in [1.165, 1.54) is 4.90 Å². The van der Waals surface area contributed by atoms with E-state index >= 15 is 0 Å². The van der Waals surface area contributed by atoms with Gasteiger partial charge in [0.2, 0.25) is 5.91 Å². The lowest BCUT2D eigenvalue weighted by molar-refractivity contribution is -0.127. The molecule has 2 N–H and O–H groups in total. The third-order valence-electron chi connectivity index (χ3n) is 7.24. The van der Waals surface area contributed by atoms with Gasteiger partial charge in [-0.3, -0.25) is 24.4 Å². The molecule has 8 heteroatoms. The van der Waals surface area contributed by atoms with E-state index < -0.39 is 17.4 Å². The smallest absolute Gasteiger partial charge is 0.252 e. The van der Waals surface area contributed by atoms with Crippen LogP contribution in [0.4, 0.5) is 11.4 Å². The van der Waals surface area contributed by atoms with E-state index in [0.717, 1.165) is 12.0 Å².